The van der Waals surface area contributed by atoms with E-state index >= 15 is 0 Å². The van der Waals surface area contributed by atoms with Crippen molar-refractivity contribution in [1.29, 1.82) is 0 Å². The minimum absolute atomic E-state index is 0.0240. The van der Waals surface area contributed by atoms with E-state index in [1.165, 1.54) is 18.5 Å². The lowest BCUT2D eigenvalue weighted by molar-refractivity contribution is 0.576. The average molecular weight is 294 g/mol. The van der Waals surface area contributed by atoms with Gasteiger partial charge in [-0.3, -0.25) is 15.8 Å². The van der Waals surface area contributed by atoms with Crippen LogP contribution in [0.3, 0.4) is 0 Å². The maximum Gasteiger partial charge on any atom is 0.260 e. The van der Waals surface area contributed by atoms with Gasteiger partial charge in [-0.2, -0.15) is 0 Å². The molecule has 0 amide bonds. The summed E-state index contributed by atoms with van der Waals surface area (Å²) in [6.07, 6.45) is 4.46. The van der Waals surface area contributed by atoms with Crippen molar-refractivity contribution in [3.05, 3.63) is 42.1 Å². The summed E-state index contributed by atoms with van der Waals surface area (Å²) < 4.78 is 26.7. The average Bonchev–Trinajstić information content (AvgIpc) is 2.46. The van der Waals surface area contributed by atoms with Crippen molar-refractivity contribution in [2.75, 3.05) is 5.43 Å². The monoisotopic (exact) mass is 294 g/mol. The molecule has 2 aromatic rings. The number of hydrogen-bond acceptors (Lipinski definition) is 7. The number of rotatable bonds is 5. The van der Waals surface area contributed by atoms with Crippen LogP contribution in [0.4, 0.5) is 5.69 Å². The Hall–Kier alpha value is -2.10. The van der Waals surface area contributed by atoms with Crippen molar-refractivity contribution in [3.8, 4) is 0 Å². The van der Waals surface area contributed by atoms with E-state index in [-0.39, 0.29) is 17.3 Å². The number of hydrazine groups is 1. The number of aromatic nitrogens is 3. The Balaban J connectivity index is 2.17. The first kappa shape index (κ1) is 14.3. The number of nitrogens with one attached hydrogen (secondary N) is 2. The highest BCUT2D eigenvalue weighted by atomic mass is 32.2. The summed E-state index contributed by atoms with van der Waals surface area (Å²) in [6.45, 7) is 1.82. The molecule has 2 rings (SSSR count). The van der Waals surface area contributed by atoms with Crippen molar-refractivity contribution >= 4 is 15.7 Å². The lowest BCUT2D eigenvalue weighted by Gasteiger charge is -2.09. The van der Waals surface area contributed by atoms with E-state index in [9.17, 15) is 8.42 Å². The van der Waals surface area contributed by atoms with Gasteiger partial charge in [-0.05, 0) is 19.1 Å². The molecular formula is C11H14N6O2S. The first-order valence-electron chi connectivity index (χ1n) is 5.72. The van der Waals surface area contributed by atoms with Crippen LogP contribution in [0.2, 0.25) is 0 Å². The van der Waals surface area contributed by atoms with Gasteiger partial charge in [-0.15, -0.1) is 0 Å². The second-order valence-electron chi connectivity index (χ2n) is 3.97. The van der Waals surface area contributed by atoms with E-state index in [0.29, 0.717) is 5.69 Å². The number of nitrogen functional groups attached to an aromatic ring is 1. The smallest absolute Gasteiger partial charge is 0.260 e. The summed E-state index contributed by atoms with van der Waals surface area (Å²) in [5, 5.41) is -0.164. The molecule has 9 heteroatoms. The van der Waals surface area contributed by atoms with Gasteiger partial charge in [0, 0.05) is 12.4 Å². The number of hydrogen-bond donors (Lipinski definition) is 3. The molecule has 106 valence electrons. The molecular weight excluding hydrogens is 280 g/mol. The quantitative estimate of drug-likeness (QED) is 0.521. The number of anilines is 1. The van der Waals surface area contributed by atoms with Crippen LogP contribution < -0.4 is 16.0 Å². The first-order chi connectivity index (χ1) is 9.53. The Labute approximate surface area is 116 Å². The van der Waals surface area contributed by atoms with Crippen molar-refractivity contribution in [1.82, 2.24) is 19.7 Å². The van der Waals surface area contributed by atoms with E-state index in [0.717, 1.165) is 5.69 Å². The molecule has 2 heterocycles. The molecule has 0 fully saturated rings. The summed E-state index contributed by atoms with van der Waals surface area (Å²) >= 11 is 0. The number of pyridine rings is 1. The molecule has 0 spiro atoms. The summed E-state index contributed by atoms with van der Waals surface area (Å²) in [5.74, 6) is 5.27. The van der Waals surface area contributed by atoms with Gasteiger partial charge in [0.1, 0.15) is 0 Å². The topological polar surface area (TPSA) is 123 Å². The first-order valence-corrected chi connectivity index (χ1v) is 7.20. The molecule has 0 saturated heterocycles. The standard InChI is InChI=1S/C11H14N6O2S/c1-8-5-15-9(6-14-8)7-16-20(18,19)11-10(17-12)3-2-4-13-11/h2-6,16-17H,7,12H2,1H3. The van der Waals surface area contributed by atoms with Gasteiger partial charge < -0.3 is 5.43 Å². The second-order valence-corrected chi connectivity index (χ2v) is 5.66. The second kappa shape index (κ2) is 5.90. The fraction of sp³-hybridized carbons (Fsp3) is 0.182. The van der Waals surface area contributed by atoms with E-state index in [1.807, 2.05) is 0 Å². The minimum atomic E-state index is -3.78. The van der Waals surface area contributed by atoms with Crippen molar-refractivity contribution in [2.24, 2.45) is 5.84 Å². The third kappa shape index (κ3) is 3.26. The molecule has 0 aromatic carbocycles. The Morgan fingerprint density at radius 1 is 1.25 bits per heavy atom. The maximum atomic E-state index is 12.1. The van der Waals surface area contributed by atoms with Crippen LogP contribution in [-0.2, 0) is 16.6 Å². The fourth-order valence-electron chi connectivity index (χ4n) is 1.46. The predicted octanol–water partition coefficient (Wildman–Crippen LogP) is -0.0559. The van der Waals surface area contributed by atoms with Crippen LogP contribution >= 0.6 is 0 Å². The summed E-state index contributed by atoms with van der Waals surface area (Å²) in [5.41, 5.74) is 3.79. The largest absolute Gasteiger partial charge is 0.321 e. The van der Waals surface area contributed by atoms with Crippen molar-refractivity contribution < 1.29 is 8.42 Å². The van der Waals surface area contributed by atoms with Gasteiger partial charge in [0.25, 0.3) is 10.0 Å². The SMILES string of the molecule is Cc1cnc(CNS(=O)(=O)c2ncccc2NN)cn1. The molecule has 0 aliphatic carbocycles. The molecule has 0 bridgehead atoms. The highest BCUT2D eigenvalue weighted by Crippen LogP contribution is 2.16. The van der Waals surface area contributed by atoms with E-state index in [2.05, 4.69) is 25.1 Å². The Morgan fingerprint density at radius 3 is 2.70 bits per heavy atom. The van der Waals surface area contributed by atoms with Gasteiger partial charge in [0.05, 0.1) is 29.8 Å². The number of nitrogens with zero attached hydrogens (tertiary/aromatic N) is 3. The number of sulfonamides is 1. The number of aryl methyl sites for hydroxylation is 1. The zero-order valence-electron chi connectivity index (χ0n) is 10.7. The molecule has 0 aliphatic heterocycles. The lowest BCUT2D eigenvalue weighted by Crippen LogP contribution is -2.26. The van der Waals surface area contributed by atoms with Gasteiger partial charge >= 0.3 is 0 Å². The van der Waals surface area contributed by atoms with E-state index < -0.39 is 10.0 Å². The summed E-state index contributed by atoms with van der Waals surface area (Å²) in [7, 11) is -3.78. The number of nitrogens with two attached hydrogens (primary N) is 1. The van der Waals surface area contributed by atoms with Crippen molar-refractivity contribution in [2.45, 2.75) is 18.5 Å². The molecule has 20 heavy (non-hydrogen) atoms. The molecule has 2 aromatic heterocycles. The van der Waals surface area contributed by atoms with E-state index in [1.54, 1.807) is 19.2 Å². The molecule has 0 atom stereocenters. The lowest BCUT2D eigenvalue weighted by atomic mass is 10.4. The summed E-state index contributed by atoms with van der Waals surface area (Å²) in [6, 6.07) is 3.10. The fourth-order valence-corrected chi connectivity index (χ4v) is 2.55. The highest BCUT2D eigenvalue weighted by molar-refractivity contribution is 7.89. The Kier molecular flexibility index (Phi) is 4.23. The van der Waals surface area contributed by atoms with Crippen LogP contribution in [0, 0.1) is 6.92 Å². The van der Waals surface area contributed by atoms with Gasteiger partial charge in [0.2, 0.25) is 0 Å². The normalized spacial score (nSPS) is 11.3. The highest BCUT2D eigenvalue weighted by Gasteiger charge is 2.19. The van der Waals surface area contributed by atoms with E-state index in [4.69, 9.17) is 5.84 Å². The third-order valence-electron chi connectivity index (χ3n) is 2.46. The van der Waals surface area contributed by atoms with Crippen LogP contribution in [-0.4, -0.2) is 23.4 Å². The minimum Gasteiger partial charge on any atom is -0.321 e. The molecule has 0 radical (unpaired) electrons. The predicted molar refractivity (Wildman–Crippen MR) is 72.8 cm³/mol. The zero-order valence-corrected chi connectivity index (χ0v) is 11.6. The zero-order chi connectivity index (χ0) is 14.6. The Morgan fingerprint density at radius 2 is 2.05 bits per heavy atom. The summed E-state index contributed by atoms with van der Waals surface area (Å²) in [4.78, 5) is 11.9. The maximum absolute atomic E-state index is 12.1. The van der Waals surface area contributed by atoms with Crippen LogP contribution in [0.1, 0.15) is 11.4 Å². The van der Waals surface area contributed by atoms with Crippen molar-refractivity contribution in [3.63, 3.8) is 0 Å². The van der Waals surface area contributed by atoms with Crippen LogP contribution in [0.25, 0.3) is 0 Å². The molecule has 8 nitrogen and oxygen atoms in total. The Bertz CT molecular complexity index is 686. The van der Waals surface area contributed by atoms with Gasteiger partial charge in [-0.25, -0.2) is 18.1 Å². The van der Waals surface area contributed by atoms with Gasteiger partial charge in [0.15, 0.2) is 5.03 Å². The van der Waals surface area contributed by atoms with Crippen LogP contribution in [0.15, 0.2) is 35.7 Å². The third-order valence-corrected chi connectivity index (χ3v) is 3.82. The molecule has 0 aliphatic rings. The molecule has 0 unspecified atom stereocenters. The molecule has 4 N–H and O–H groups in total. The van der Waals surface area contributed by atoms with Crippen LogP contribution in [0.5, 0.6) is 0 Å². The van der Waals surface area contributed by atoms with Gasteiger partial charge in [-0.1, -0.05) is 0 Å². The molecule has 0 saturated carbocycles.